The van der Waals surface area contributed by atoms with Crippen LogP contribution >= 0.6 is 11.6 Å². The summed E-state index contributed by atoms with van der Waals surface area (Å²) < 4.78 is 16.9. The number of benzene rings is 3. The number of ether oxygens (including phenoxy) is 3. The second-order valence-electron chi connectivity index (χ2n) is 9.46. The number of amides is 1. The molecular formula is C32H30ClN3O6. The lowest BCUT2D eigenvalue weighted by atomic mass is 9.76. The van der Waals surface area contributed by atoms with E-state index in [0.717, 1.165) is 5.56 Å². The van der Waals surface area contributed by atoms with Crippen molar-refractivity contribution in [2.45, 2.75) is 19.4 Å². The molecular weight excluding hydrogens is 558 g/mol. The van der Waals surface area contributed by atoms with Crippen LogP contribution in [-0.2, 0) is 20.9 Å². The molecule has 0 saturated heterocycles. The van der Waals surface area contributed by atoms with E-state index >= 15 is 0 Å². The summed E-state index contributed by atoms with van der Waals surface area (Å²) in [5.41, 5.74) is 2.26. The van der Waals surface area contributed by atoms with Crippen molar-refractivity contribution >= 4 is 29.2 Å². The van der Waals surface area contributed by atoms with Gasteiger partial charge in [-0.2, -0.15) is 5.26 Å². The smallest absolute Gasteiger partial charge is 0.334 e. The van der Waals surface area contributed by atoms with Crippen LogP contribution in [0.5, 0.6) is 11.5 Å². The highest BCUT2D eigenvalue weighted by Gasteiger charge is 2.39. The quantitative estimate of drug-likeness (QED) is 0.264. The first kappa shape index (κ1) is 30.3. The number of nitriles is 1. The molecule has 2 atom stereocenters. The molecule has 1 amide bonds. The normalized spacial score (nSPS) is 16.3. The molecule has 0 aromatic heterocycles. The zero-order valence-electron chi connectivity index (χ0n) is 23.0. The van der Waals surface area contributed by atoms with E-state index in [-0.39, 0.29) is 43.5 Å². The number of rotatable bonds is 13. The molecule has 216 valence electrons. The molecule has 1 aliphatic heterocycles. The van der Waals surface area contributed by atoms with E-state index in [9.17, 15) is 20.0 Å². The van der Waals surface area contributed by atoms with Gasteiger partial charge in [0.25, 0.3) is 5.91 Å². The second-order valence-corrected chi connectivity index (χ2v) is 9.87. The van der Waals surface area contributed by atoms with Crippen LogP contribution in [0.2, 0.25) is 5.02 Å². The highest BCUT2D eigenvalue weighted by atomic mass is 35.5. The summed E-state index contributed by atoms with van der Waals surface area (Å²) in [4.78, 5) is 28.9. The van der Waals surface area contributed by atoms with E-state index in [2.05, 4.69) is 16.4 Å². The van der Waals surface area contributed by atoms with Crippen LogP contribution < -0.4 is 14.8 Å². The molecule has 0 saturated carbocycles. The van der Waals surface area contributed by atoms with Gasteiger partial charge in [-0.15, -0.1) is 0 Å². The van der Waals surface area contributed by atoms with E-state index in [0.29, 0.717) is 34.4 Å². The van der Waals surface area contributed by atoms with Crippen LogP contribution in [0.25, 0.3) is 0 Å². The monoisotopic (exact) mass is 587 g/mol. The number of nitrogens with one attached hydrogen (secondary N) is 1. The Kier molecular flexibility index (Phi) is 10.7. The summed E-state index contributed by atoms with van der Waals surface area (Å²) in [5.74, 6) is -1.90. The zero-order valence-corrected chi connectivity index (χ0v) is 23.7. The Hall–Kier alpha value is -4.65. The van der Waals surface area contributed by atoms with Gasteiger partial charge in [-0.05, 0) is 48.4 Å². The molecule has 3 aromatic rings. The Morgan fingerprint density at radius 2 is 1.64 bits per heavy atom. The number of hydrogen-bond acceptors (Lipinski definition) is 7. The first-order valence-electron chi connectivity index (χ1n) is 13.3. The lowest BCUT2D eigenvalue weighted by Crippen LogP contribution is -2.32. The fourth-order valence-electron chi connectivity index (χ4n) is 4.53. The van der Waals surface area contributed by atoms with Crippen molar-refractivity contribution in [2.24, 2.45) is 10.9 Å². The fourth-order valence-corrected chi connectivity index (χ4v) is 4.78. The van der Waals surface area contributed by atoms with Gasteiger partial charge in [-0.3, -0.25) is 9.79 Å². The van der Waals surface area contributed by atoms with E-state index in [4.69, 9.17) is 25.8 Å². The van der Waals surface area contributed by atoms with Crippen molar-refractivity contribution in [3.05, 3.63) is 106 Å². The van der Waals surface area contributed by atoms with Crippen molar-refractivity contribution in [1.82, 2.24) is 5.32 Å². The third-order valence-electron chi connectivity index (χ3n) is 6.58. The molecule has 42 heavy (non-hydrogen) atoms. The van der Waals surface area contributed by atoms with Crippen molar-refractivity contribution in [3.63, 3.8) is 0 Å². The second kappa shape index (κ2) is 14.8. The predicted molar refractivity (Wildman–Crippen MR) is 158 cm³/mol. The Morgan fingerprint density at radius 3 is 2.31 bits per heavy atom. The van der Waals surface area contributed by atoms with Crippen molar-refractivity contribution in [3.8, 4) is 17.6 Å². The van der Waals surface area contributed by atoms with Gasteiger partial charge in [-0.25, -0.2) is 4.79 Å². The molecule has 4 rings (SSSR count). The number of carboxylic acids is 1. The van der Waals surface area contributed by atoms with Crippen LogP contribution in [0.15, 0.2) is 95.1 Å². The number of carboxylic acid groups (broad SMARTS) is 1. The van der Waals surface area contributed by atoms with Gasteiger partial charge < -0.3 is 24.6 Å². The van der Waals surface area contributed by atoms with Crippen molar-refractivity contribution in [2.75, 3.05) is 26.4 Å². The summed E-state index contributed by atoms with van der Waals surface area (Å²) in [6.07, 6.45) is 0. The van der Waals surface area contributed by atoms with Gasteiger partial charge in [-0.1, -0.05) is 60.1 Å². The van der Waals surface area contributed by atoms with E-state index in [1.807, 2.05) is 30.3 Å². The highest BCUT2D eigenvalue weighted by molar-refractivity contribution is 6.31. The molecule has 0 bridgehead atoms. The third-order valence-corrected chi connectivity index (χ3v) is 6.92. The van der Waals surface area contributed by atoms with Crippen LogP contribution in [0.3, 0.4) is 0 Å². The van der Waals surface area contributed by atoms with Crippen LogP contribution in [-0.4, -0.2) is 49.1 Å². The summed E-state index contributed by atoms with van der Waals surface area (Å²) in [7, 11) is 0. The highest BCUT2D eigenvalue weighted by Crippen LogP contribution is 2.41. The first-order chi connectivity index (χ1) is 20.4. The molecule has 9 nitrogen and oxygen atoms in total. The summed E-state index contributed by atoms with van der Waals surface area (Å²) in [5, 5.41) is 22.9. The van der Waals surface area contributed by atoms with Gasteiger partial charge in [0.15, 0.2) is 6.61 Å². The maximum absolute atomic E-state index is 12.3. The summed E-state index contributed by atoms with van der Waals surface area (Å²) in [6, 6.07) is 25.8. The number of carbonyl (C=O) groups excluding carboxylic acids is 1. The average molecular weight is 588 g/mol. The predicted octanol–water partition coefficient (Wildman–Crippen LogP) is 5.17. The molecule has 1 aliphatic rings. The largest absolute Gasteiger partial charge is 0.489 e. The van der Waals surface area contributed by atoms with Gasteiger partial charge in [0, 0.05) is 23.2 Å². The maximum atomic E-state index is 12.3. The number of aliphatic carboxylic acids is 1. The number of hydrogen-bond donors (Lipinski definition) is 2. The molecule has 0 radical (unpaired) electrons. The Balaban J connectivity index is 1.24. The first-order valence-corrected chi connectivity index (χ1v) is 13.6. The Labute approximate surface area is 249 Å². The lowest BCUT2D eigenvalue weighted by Gasteiger charge is -2.29. The summed E-state index contributed by atoms with van der Waals surface area (Å²) in [6.45, 7) is 2.14. The molecule has 2 N–H and O–H groups in total. The molecule has 0 fully saturated rings. The SMILES string of the molecule is CC1=NC(COCCNC(=O)COc2ccc(OCc3ccccc3)cc2)=C(C(=O)O)C(c2ccccc2Cl)C1C#N. The Bertz CT molecular complexity index is 1500. The molecule has 3 aromatic carbocycles. The molecule has 2 unspecified atom stereocenters. The Morgan fingerprint density at radius 1 is 0.976 bits per heavy atom. The third kappa shape index (κ3) is 7.97. The minimum absolute atomic E-state index is 0.0332. The minimum atomic E-state index is -1.20. The van der Waals surface area contributed by atoms with Gasteiger partial charge in [0.05, 0.1) is 36.5 Å². The van der Waals surface area contributed by atoms with Crippen molar-refractivity contribution in [1.29, 1.82) is 5.26 Å². The lowest BCUT2D eigenvalue weighted by molar-refractivity contribution is -0.133. The summed E-state index contributed by atoms with van der Waals surface area (Å²) >= 11 is 6.37. The van der Waals surface area contributed by atoms with Crippen molar-refractivity contribution < 1.29 is 28.9 Å². The molecule has 10 heteroatoms. The van der Waals surface area contributed by atoms with Gasteiger partial charge in [0.2, 0.25) is 0 Å². The maximum Gasteiger partial charge on any atom is 0.334 e. The van der Waals surface area contributed by atoms with E-state index < -0.39 is 17.8 Å². The van der Waals surface area contributed by atoms with Gasteiger partial charge in [0.1, 0.15) is 18.1 Å². The van der Waals surface area contributed by atoms with Crippen LogP contribution in [0.1, 0.15) is 24.0 Å². The zero-order chi connectivity index (χ0) is 29.9. The number of halogens is 1. The standard InChI is InChI=1S/C32H30ClN3O6/c1-21-26(17-34)30(25-9-5-6-10-27(25)33)31(32(38)39)28(36-21)19-40-16-15-35-29(37)20-42-24-13-11-23(12-14-24)41-18-22-7-3-2-4-8-22/h2-14,26,30H,15-16,18-20H2,1H3,(H,35,37)(H,38,39). The number of carbonyl (C=O) groups is 2. The average Bonchev–Trinajstić information content (AvgIpc) is 2.99. The topological polar surface area (TPSA) is 130 Å². The minimum Gasteiger partial charge on any atom is -0.489 e. The van der Waals surface area contributed by atoms with Crippen LogP contribution in [0.4, 0.5) is 0 Å². The molecule has 0 aliphatic carbocycles. The van der Waals surface area contributed by atoms with Crippen LogP contribution in [0, 0.1) is 17.2 Å². The van der Waals surface area contributed by atoms with E-state index in [1.165, 1.54) is 0 Å². The number of nitrogens with zero attached hydrogens (tertiary/aromatic N) is 2. The molecule has 0 spiro atoms. The van der Waals surface area contributed by atoms with E-state index in [1.54, 1.807) is 55.5 Å². The number of aliphatic imine (C=N–C) groups is 1. The molecule has 1 heterocycles. The van der Waals surface area contributed by atoms with Gasteiger partial charge >= 0.3 is 5.97 Å². The fraction of sp³-hybridized carbons (Fsp3) is 0.250.